The molecule has 1 N–H and O–H groups in total. The first-order chi connectivity index (χ1) is 18.5. The first-order valence-electron chi connectivity index (χ1n) is 13.4. The van der Waals surface area contributed by atoms with Crippen molar-refractivity contribution in [2.24, 2.45) is 11.8 Å². The van der Waals surface area contributed by atoms with Crippen molar-refractivity contribution in [3.05, 3.63) is 82.3 Å². The van der Waals surface area contributed by atoms with Crippen molar-refractivity contribution < 1.29 is 19.2 Å². The highest BCUT2D eigenvalue weighted by Gasteiger charge is 2.47. The number of amides is 4. The Kier molecular flexibility index (Phi) is 9.05. The topological polar surface area (TPSA) is 86.8 Å². The van der Waals surface area contributed by atoms with Gasteiger partial charge in [0.25, 0.3) is 0 Å². The monoisotopic (exact) mass is 593 g/mol. The van der Waals surface area contributed by atoms with Gasteiger partial charge in [0.2, 0.25) is 23.6 Å². The molecule has 0 saturated carbocycles. The predicted molar refractivity (Wildman–Crippen MR) is 153 cm³/mol. The van der Waals surface area contributed by atoms with E-state index in [2.05, 4.69) is 21.2 Å². The van der Waals surface area contributed by atoms with E-state index in [0.717, 1.165) is 15.6 Å². The quantitative estimate of drug-likeness (QED) is 0.339. The number of imide groups is 1. The van der Waals surface area contributed by atoms with E-state index in [1.165, 1.54) is 4.90 Å². The van der Waals surface area contributed by atoms with Crippen LogP contribution < -0.4 is 5.32 Å². The minimum Gasteiger partial charge on any atom is -0.350 e. The molecule has 1 aliphatic heterocycles. The van der Waals surface area contributed by atoms with Crippen LogP contribution in [0.3, 0.4) is 0 Å². The molecule has 0 unspecified atom stereocenters. The van der Waals surface area contributed by atoms with Crippen LogP contribution in [0.4, 0.5) is 0 Å². The summed E-state index contributed by atoms with van der Waals surface area (Å²) in [5.41, 5.74) is 1.31. The second kappa shape index (κ2) is 12.3. The van der Waals surface area contributed by atoms with Crippen molar-refractivity contribution in [2.75, 3.05) is 6.54 Å². The van der Waals surface area contributed by atoms with Gasteiger partial charge in [-0.2, -0.15) is 0 Å². The predicted octanol–water partition coefficient (Wildman–Crippen LogP) is 4.65. The van der Waals surface area contributed by atoms with E-state index < -0.39 is 11.6 Å². The molecule has 1 saturated heterocycles. The lowest BCUT2D eigenvalue weighted by Crippen LogP contribution is -2.54. The van der Waals surface area contributed by atoms with Crippen molar-refractivity contribution >= 4 is 39.6 Å². The summed E-state index contributed by atoms with van der Waals surface area (Å²) in [6.07, 6.45) is 5.29. The van der Waals surface area contributed by atoms with Crippen LogP contribution in [0, 0.1) is 11.8 Å². The van der Waals surface area contributed by atoms with E-state index in [-0.39, 0.29) is 55.0 Å². The average molecular weight is 595 g/mol. The number of benzene rings is 2. The molecule has 3 atom stereocenters. The minimum atomic E-state index is -0.783. The van der Waals surface area contributed by atoms with Gasteiger partial charge in [-0.15, -0.1) is 0 Å². The summed E-state index contributed by atoms with van der Waals surface area (Å²) in [5.74, 6) is -1.61. The molecule has 0 radical (unpaired) electrons. The van der Waals surface area contributed by atoms with Gasteiger partial charge >= 0.3 is 0 Å². The maximum atomic E-state index is 13.9. The molecule has 1 heterocycles. The van der Waals surface area contributed by atoms with Gasteiger partial charge in [0.1, 0.15) is 6.04 Å². The number of hydrogen-bond acceptors (Lipinski definition) is 4. The molecule has 8 heteroatoms. The minimum absolute atomic E-state index is 0.0113. The maximum absolute atomic E-state index is 13.9. The number of carbonyl (C=O) groups is 4. The Morgan fingerprint density at radius 1 is 0.974 bits per heavy atom. The van der Waals surface area contributed by atoms with Gasteiger partial charge in [-0.05, 0) is 56.9 Å². The Balaban J connectivity index is 1.60. The zero-order valence-corrected chi connectivity index (χ0v) is 24.3. The van der Waals surface area contributed by atoms with Gasteiger partial charge in [0.05, 0.1) is 11.8 Å². The standard InChI is InChI=1S/C31H36BrN3O4/c1-31(2,3)33-28(37)26(19-21-10-5-4-6-11-21)35(20-22-12-9-13-23(32)18-22)27(36)16-17-34-29(38)24-14-7-8-15-25(24)30(34)39/h4-13,18,24-26H,14-17,19-20H2,1-3H3,(H,33,37)/t24-,25+,26-/m0/s1. The Bertz CT molecular complexity index is 1230. The van der Waals surface area contributed by atoms with Crippen molar-refractivity contribution in [2.45, 2.75) is 64.6 Å². The van der Waals surface area contributed by atoms with E-state index >= 15 is 0 Å². The Hall–Kier alpha value is -3.26. The van der Waals surface area contributed by atoms with E-state index in [0.29, 0.717) is 19.3 Å². The number of likely N-dealkylation sites (tertiary alicyclic amines) is 1. The molecule has 0 spiro atoms. The van der Waals surface area contributed by atoms with Gasteiger partial charge in [-0.1, -0.05) is 70.5 Å². The number of fused-ring (bicyclic) bond motifs is 1. The van der Waals surface area contributed by atoms with Gasteiger partial charge in [0, 0.05) is 35.9 Å². The van der Waals surface area contributed by atoms with Crippen LogP contribution in [0.15, 0.2) is 71.2 Å². The average Bonchev–Trinajstić information content (AvgIpc) is 3.13. The van der Waals surface area contributed by atoms with E-state index in [1.54, 1.807) is 4.90 Å². The summed E-state index contributed by atoms with van der Waals surface area (Å²) in [6.45, 7) is 5.94. The third-order valence-corrected chi connectivity index (χ3v) is 7.65. The molecular formula is C31H36BrN3O4. The van der Waals surface area contributed by atoms with Gasteiger partial charge in [-0.25, -0.2) is 0 Å². The van der Waals surface area contributed by atoms with E-state index in [4.69, 9.17) is 0 Å². The summed E-state index contributed by atoms with van der Waals surface area (Å²) in [7, 11) is 0. The molecular weight excluding hydrogens is 558 g/mol. The molecule has 1 fully saturated rings. The number of allylic oxidation sites excluding steroid dienone is 2. The summed E-state index contributed by atoms with van der Waals surface area (Å²) in [6, 6.07) is 16.5. The van der Waals surface area contributed by atoms with E-state index in [9.17, 15) is 19.2 Å². The molecule has 2 aromatic rings. The lowest BCUT2D eigenvalue weighted by atomic mass is 9.85. The fourth-order valence-corrected chi connectivity index (χ4v) is 5.73. The van der Waals surface area contributed by atoms with Crippen LogP contribution in [0.2, 0.25) is 0 Å². The number of carbonyl (C=O) groups excluding carboxylic acids is 4. The fraction of sp³-hybridized carbons (Fsp3) is 0.419. The molecule has 7 nitrogen and oxygen atoms in total. The molecule has 0 aromatic heterocycles. The SMILES string of the molecule is CC(C)(C)NC(=O)[C@H](Cc1ccccc1)N(Cc1cccc(Br)c1)C(=O)CCN1C(=O)[C@H]2CC=CC[C@H]2C1=O. The fourth-order valence-electron chi connectivity index (χ4n) is 5.28. The molecule has 206 valence electrons. The van der Waals surface area contributed by atoms with Crippen molar-refractivity contribution in [3.63, 3.8) is 0 Å². The van der Waals surface area contributed by atoms with Crippen LogP contribution >= 0.6 is 15.9 Å². The first-order valence-corrected chi connectivity index (χ1v) is 14.2. The molecule has 4 amide bonds. The normalized spacial score (nSPS) is 19.5. The highest BCUT2D eigenvalue weighted by atomic mass is 79.9. The van der Waals surface area contributed by atoms with E-state index in [1.807, 2.05) is 87.5 Å². The summed E-state index contributed by atoms with van der Waals surface area (Å²) in [5, 5.41) is 3.05. The zero-order valence-electron chi connectivity index (χ0n) is 22.7. The molecule has 0 bridgehead atoms. The van der Waals surface area contributed by atoms with Crippen molar-refractivity contribution in [1.29, 1.82) is 0 Å². The zero-order chi connectivity index (χ0) is 28.2. The van der Waals surface area contributed by atoms with Gasteiger partial charge in [0.15, 0.2) is 0 Å². The van der Waals surface area contributed by atoms with Crippen LogP contribution in [0.25, 0.3) is 0 Å². The number of halogens is 1. The lowest BCUT2D eigenvalue weighted by molar-refractivity contribution is -0.144. The number of rotatable bonds is 9. The van der Waals surface area contributed by atoms with Crippen LogP contribution in [0.1, 0.15) is 51.2 Å². The van der Waals surface area contributed by atoms with Gasteiger partial charge < -0.3 is 10.2 Å². The summed E-state index contributed by atoms with van der Waals surface area (Å²) in [4.78, 5) is 56.4. The van der Waals surface area contributed by atoms with Crippen LogP contribution in [-0.4, -0.2) is 51.6 Å². The van der Waals surface area contributed by atoms with Gasteiger partial charge in [-0.3, -0.25) is 24.1 Å². The van der Waals surface area contributed by atoms with Crippen LogP contribution in [-0.2, 0) is 32.1 Å². The lowest BCUT2D eigenvalue weighted by Gasteiger charge is -2.34. The summed E-state index contributed by atoms with van der Waals surface area (Å²) >= 11 is 3.50. The van der Waals surface area contributed by atoms with Crippen molar-refractivity contribution in [3.8, 4) is 0 Å². The molecule has 2 aromatic carbocycles. The molecule has 39 heavy (non-hydrogen) atoms. The Morgan fingerprint density at radius 3 is 2.18 bits per heavy atom. The Labute approximate surface area is 238 Å². The highest BCUT2D eigenvalue weighted by molar-refractivity contribution is 9.10. The summed E-state index contributed by atoms with van der Waals surface area (Å²) < 4.78 is 0.871. The maximum Gasteiger partial charge on any atom is 0.243 e. The molecule has 1 aliphatic carbocycles. The van der Waals surface area contributed by atoms with Crippen molar-refractivity contribution in [1.82, 2.24) is 15.1 Å². The number of hydrogen-bond donors (Lipinski definition) is 1. The largest absolute Gasteiger partial charge is 0.350 e. The van der Waals surface area contributed by atoms with Crippen LogP contribution in [0.5, 0.6) is 0 Å². The number of nitrogens with zero attached hydrogens (tertiary/aromatic N) is 2. The first kappa shape index (κ1) is 28.7. The molecule has 4 rings (SSSR count). The Morgan fingerprint density at radius 2 is 1.59 bits per heavy atom. The molecule has 2 aliphatic rings. The third-order valence-electron chi connectivity index (χ3n) is 7.16. The number of nitrogens with one attached hydrogen (secondary N) is 1. The second-order valence-corrected chi connectivity index (χ2v) is 12.2. The highest BCUT2D eigenvalue weighted by Crippen LogP contribution is 2.35. The third kappa shape index (κ3) is 7.24. The smallest absolute Gasteiger partial charge is 0.243 e. The second-order valence-electron chi connectivity index (χ2n) is 11.3.